The van der Waals surface area contributed by atoms with E-state index in [0.717, 1.165) is 5.75 Å². The Bertz CT molecular complexity index is 522. The molecule has 2 amide bonds. The minimum Gasteiger partial charge on any atom is -0.394 e. The van der Waals surface area contributed by atoms with Gasteiger partial charge in [-0.05, 0) is 0 Å². The molecular formula is C11H13N5O3S. The van der Waals surface area contributed by atoms with Crippen LogP contribution in [0, 0.1) is 0 Å². The number of nitrogens with zero attached hydrogens (tertiary/aromatic N) is 3. The summed E-state index contributed by atoms with van der Waals surface area (Å²) >= 11 is 1.42. The number of hydrogen-bond donors (Lipinski definition) is 3. The average molecular weight is 295 g/mol. The van der Waals surface area contributed by atoms with Crippen LogP contribution in [-0.2, 0) is 4.79 Å². The van der Waals surface area contributed by atoms with Gasteiger partial charge in [0.25, 0.3) is 11.8 Å². The number of aliphatic imine (C=N–C) groups is 1. The summed E-state index contributed by atoms with van der Waals surface area (Å²) in [6.45, 7) is 0.131. The lowest BCUT2D eigenvalue weighted by Crippen LogP contribution is -2.50. The fraction of sp³-hybridized carbons (Fsp3) is 0.364. The molecule has 8 nitrogen and oxygen atoms in total. The summed E-state index contributed by atoms with van der Waals surface area (Å²) < 4.78 is 0. The van der Waals surface area contributed by atoms with Gasteiger partial charge in [-0.3, -0.25) is 19.6 Å². The molecule has 1 atom stereocenters. The average Bonchev–Trinajstić information content (AvgIpc) is 2.98. The van der Waals surface area contributed by atoms with E-state index >= 15 is 0 Å². The predicted octanol–water partition coefficient (Wildman–Crippen LogP) is -1.21. The zero-order chi connectivity index (χ0) is 14.4. The predicted molar refractivity (Wildman–Crippen MR) is 73.3 cm³/mol. The van der Waals surface area contributed by atoms with E-state index in [9.17, 15) is 14.7 Å². The highest BCUT2D eigenvalue weighted by atomic mass is 32.2. The number of rotatable bonds is 4. The van der Waals surface area contributed by atoms with Crippen LogP contribution in [0.15, 0.2) is 23.6 Å². The molecule has 106 valence electrons. The summed E-state index contributed by atoms with van der Waals surface area (Å²) in [7, 11) is 0. The molecule has 2 rings (SSSR count). The van der Waals surface area contributed by atoms with E-state index in [1.807, 2.05) is 0 Å². The maximum absolute atomic E-state index is 11.9. The van der Waals surface area contributed by atoms with Gasteiger partial charge in [0.1, 0.15) is 11.7 Å². The van der Waals surface area contributed by atoms with Crippen molar-refractivity contribution in [2.24, 2.45) is 4.99 Å². The van der Waals surface area contributed by atoms with Crippen LogP contribution in [0.2, 0.25) is 0 Å². The van der Waals surface area contributed by atoms with Crippen molar-refractivity contribution in [1.82, 2.24) is 20.6 Å². The zero-order valence-corrected chi connectivity index (χ0v) is 11.3. The highest BCUT2D eigenvalue weighted by Crippen LogP contribution is 2.08. The van der Waals surface area contributed by atoms with Crippen molar-refractivity contribution in [3.05, 3.63) is 24.3 Å². The van der Waals surface area contributed by atoms with Crippen LogP contribution in [0.4, 0.5) is 0 Å². The Morgan fingerprint density at radius 3 is 2.90 bits per heavy atom. The molecular weight excluding hydrogens is 282 g/mol. The number of aromatic nitrogens is 2. The van der Waals surface area contributed by atoms with Crippen LogP contribution >= 0.6 is 11.8 Å². The summed E-state index contributed by atoms with van der Waals surface area (Å²) in [6.07, 6.45) is 4.08. The third-order valence-corrected chi connectivity index (χ3v) is 3.31. The molecule has 20 heavy (non-hydrogen) atoms. The summed E-state index contributed by atoms with van der Waals surface area (Å²) in [4.78, 5) is 35.3. The van der Waals surface area contributed by atoms with Crippen LogP contribution in [-0.4, -0.2) is 57.0 Å². The maximum Gasteiger partial charge on any atom is 0.272 e. The summed E-state index contributed by atoms with van der Waals surface area (Å²) in [5, 5.41) is 14.6. The molecule has 0 spiro atoms. The van der Waals surface area contributed by atoms with Crippen molar-refractivity contribution in [3.63, 3.8) is 0 Å². The van der Waals surface area contributed by atoms with Gasteiger partial charge in [0.15, 0.2) is 5.17 Å². The number of thioether (sulfide) groups is 1. The third kappa shape index (κ3) is 3.75. The SMILES string of the molecule is O=C(N[C@@H](CO)C(=O)NC1=NCCS1)c1cnccn1. The van der Waals surface area contributed by atoms with Crippen molar-refractivity contribution < 1.29 is 14.7 Å². The second kappa shape index (κ2) is 6.96. The molecule has 2 heterocycles. The minimum atomic E-state index is -1.06. The van der Waals surface area contributed by atoms with Crippen molar-refractivity contribution in [2.45, 2.75) is 6.04 Å². The molecule has 0 fully saturated rings. The Hall–Kier alpha value is -2.00. The summed E-state index contributed by atoms with van der Waals surface area (Å²) in [6, 6.07) is -1.06. The number of amides is 2. The molecule has 0 aliphatic carbocycles. The number of aliphatic hydroxyl groups is 1. The second-order valence-corrected chi connectivity index (χ2v) is 4.91. The molecule has 0 bridgehead atoms. The monoisotopic (exact) mass is 295 g/mol. The van der Waals surface area contributed by atoms with Crippen LogP contribution in [0.5, 0.6) is 0 Å². The lowest BCUT2D eigenvalue weighted by atomic mass is 10.2. The van der Waals surface area contributed by atoms with Gasteiger partial charge in [0, 0.05) is 18.1 Å². The Balaban J connectivity index is 1.94. The first kappa shape index (κ1) is 14.4. The zero-order valence-electron chi connectivity index (χ0n) is 10.4. The molecule has 3 N–H and O–H groups in total. The van der Waals surface area contributed by atoms with Gasteiger partial charge in [-0.25, -0.2) is 4.98 Å². The van der Waals surface area contributed by atoms with Gasteiger partial charge in [-0.15, -0.1) is 0 Å². The number of hydrogen-bond acceptors (Lipinski definition) is 7. The van der Waals surface area contributed by atoms with Gasteiger partial charge < -0.3 is 15.7 Å². The molecule has 0 saturated heterocycles. The lowest BCUT2D eigenvalue weighted by molar-refractivity contribution is -0.122. The van der Waals surface area contributed by atoms with Gasteiger partial charge in [0.2, 0.25) is 0 Å². The van der Waals surface area contributed by atoms with Crippen LogP contribution in [0.3, 0.4) is 0 Å². The number of carbonyl (C=O) groups excluding carboxylic acids is 2. The van der Waals surface area contributed by atoms with Gasteiger partial charge in [0.05, 0.1) is 19.3 Å². The molecule has 1 aliphatic heterocycles. The van der Waals surface area contributed by atoms with Gasteiger partial charge >= 0.3 is 0 Å². The molecule has 0 radical (unpaired) electrons. The van der Waals surface area contributed by atoms with Crippen LogP contribution < -0.4 is 10.6 Å². The van der Waals surface area contributed by atoms with E-state index in [1.54, 1.807) is 0 Å². The normalized spacial score (nSPS) is 15.3. The summed E-state index contributed by atoms with van der Waals surface area (Å²) in [5.41, 5.74) is 0.0753. The molecule has 0 aromatic carbocycles. The Kier molecular flexibility index (Phi) is 5.02. The molecule has 1 aromatic rings. The van der Waals surface area contributed by atoms with Gasteiger partial charge in [-0.2, -0.15) is 0 Å². The lowest BCUT2D eigenvalue weighted by Gasteiger charge is -2.15. The topological polar surface area (TPSA) is 117 Å². The summed E-state index contributed by atoms with van der Waals surface area (Å²) in [5.74, 6) is -0.281. The Labute approximate surface area is 119 Å². The second-order valence-electron chi connectivity index (χ2n) is 3.82. The van der Waals surface area contributed by atoms with Crippen LogP contribution in [0.1, 0.15) is 10.5 Å². The molecule has 0 unspecified atom stereocenters. The first-order valence-electron chi connectivity index (χ1n) is 5.86. The fourth-order valence-corrected chi connectivity index (χ4v) is 2.18. The van der Waals surface area contributed by atoms with Crippen molar-refractivity contribution in [1.29, 1.82) is 0 Å². The quantitative estimate of drug-likeness (QED) is 0.641. The first-order chi connectivity index (χ1) is 9.70. The number of carbonyl (C=O) groups is 2. The van der Waals surface area contributed by atoms with Gasteiger partial charge in [-0.1, -0.05) is 11.8 Å². The number of nitrogens with one attached hydrogen (secondary N) is 2. The minimum absolute atomic E-state index is 0.0753. The van der Waals surface area contributed by atoms with E-state index in [-0.39, 0.29) is 5.69 Å². The molecule has 0 saturated carbocycles. The standard InChI is InChI=1S/C11H13N5O3S/c17-6-8(10(19)16-11-14-3-4-20-11)15-9(18)7-5-12-1-2-13-7/h1-2,5,8,17H,3-4,6H2,(H,15,18)(H,14,16,19)/t8-/m0/s1. The fourth-order valence-electron chi connectivity index (χ4n) is 1.45. The van der Waals surface area contributed by atoms with E-state index < -0.39 is 24.5 Å². The van der Waals surface area contributed by atoms with Crippen molar-refractivity contribution >= 4 is 28.7 Å². The Morgan fingerprint density at radius 2 is 2.30 bits per heavy atom. The smallest absolute Gasteiger partial charge is 0.272 e. The van der Waals surface area contributed by atoms with Crippen molar-refractivity contribution in [2.75, 3.05) is 18.9 Å². The largest absolute Gasteiger partial charge is 0.394 e. The van der Waals surface area contributed by atoms with Crippen molar-refractivity contribution in [3.8, 4) is 0 Å². The highest BCUT2D eigenvalue weighted by molar-refractivity contribution is 8.14. The van der Waals surface area contributed by atoms with E-state index in [4.69, 9.17) is 0 Å². The molecule has 9 heteroatoms. The Morgan fingerprint density at radius 1 is 1.45 bits per heavy atom. The first-order valence-corrected chi connectivity index (χ1v) is 6.85. The molecule has 1 aliphatic rings. The highest BCUT2D eigenvalue weighted by Gasteiger charge is 2.23. The van der Waals surface area contributed by atoms with E-state index in [1.165, 1.54) is 30.4 Å². The third-order valence-electron chi connectivity index (χ3n) is 2.42. The molecule has 1 aromatic heterocycles. The number of aliphatic hydroxyl groups excluding tert-OH is 1. The maximum atomic E-state index is 11.9. The van der Waals surface area contributed by atoms with Crippen LogP contribution in [0.25, 0.3) is 0 Å². The van der Waals surface area contributed by atoms with E-state index in [0.29, 0.717) is 11.7 Å². The van der Waals surface area contributed by atoms with E-state index in [2.05, 4.69) is 25.6 Å². The number of amidine groups is 1.